The van der Waals surface area contributed by atoms with E-state index >= 15 is 0 Å². The summed E-state index contributed by atoms with van der Waals surface area (Å²) >= 11 is 0. The summed E-state index contributed by atoms with van der Waals surface area (Å²) in [5.74, 6) is -1.00. The molecule has 0 spiro atoms. The lowest BCUT2D eigenvalue weighted by molar-refractivity contribution is -0.116. The first-order valence-electron chi connectivity index (χ1n) is 5.80. The molecule has 0 bridgehead atoms. The maximum Gasteiger partial charge on any atom is 0.341 e. The molecule has 20 heavy (non-hydrogen) atoms. The van der Waals surface area contributed by atoms with Crippen LogP contribution < -0.4 is 5.32 Å². The number of aromatic hydroxyl groups is 1. The molecular weight excluding hydrogens is 284 g/mol. The minimum atomic E-state index is -0.622. The fraction of sp³-hybridized carbons (Fsp3) is 0.385. The van der Waals surface area contributed by atoms with Gasteiger partial charge in [-0.3, -0.25) is 4.79 Å². The van der Waals surface area contributed by atoms with Crippen molar-refractivity contribution in [3.8, 4) is 5.75 Å². The van der Waals surface area contributed by atoms with E-state index in [-0.39, 0.29) is 29.6 Å². The normalized spacial score (nSPS) is 9.80. The largest absolute Gasteiger partial charge is 0.507 e. The third-order valence-corrected chi connectivity index (χ3v) is 2.47. The van der Waals surface area contributed by atoms with Gasteiger partial charge in [-0.15, -0.1) is 12.4 Å². The van der Waals surface area contributed by atoms with Crippen molar-refractivity contribution >= 4 is 30.0 Å². The number of hydrogen-bond donors (Lipinski definition) is 2. The average molecular weight is 303 g/mol. The fourth-order valence-corrected chi connectivity index (χ4v) is 1.44. The monoisotopic (exact) mass is 302 g/mol. The molecule has 0 heterocycles. The molecule has 1 aromatic carbocycles. The molecule has 0 saturated heterocycles. The molecule has 2 N–H and O–H groups in total. The van der Waals surface area contributed by atoms with Crippen LogP contribution in [0.1, 0.15) is 16.8 Å². The van der Waals surface area contributed by atoms with Crippen molar-refractivity contribution in [2.45, 2.75) is 6.42 Å². The third-order valence-electron chi connectivity index (χ3n) is 2.47. The van der Waals surface area contributed by atoms with Crippen LogP contribution in [0.4, 0.5) is 5.69 Å². The number of amides is 1. The number of esters is 1. The number of phenols is 1. The summed E-state index contributed by atoms with van der Waals surface area (Å²) in [6.07, 6.45) is 0.354. The Labute approximate surface area is 124 Å². The van der Waals surface area contributed by atoms with Gasteiger partial charge in [0.1, 0.15) is 11.3 Å². The first-order valence-corrected chi connectivity index (χ1v) is 5.80. The van der Waals surface area contributed by atoms with Crippen molar-refractivity contribution in [2.24, 2.45) is 0 Å². The van der Waals surface area contributed by atoms with Gasteiger partial charge in [0.05, 0.1) is 7.11 Å². The number of methoxy groups -OCH3 is 1. The second kappa shape index (κ2) is 8.39. The third kappa shape index (κ3) is 5.46. The minimum absolute atomic E-state index is 0. The second-order valence-corrected chi connectivity index (χ2v) is 4.32. The van der Waals surface area contributed by atoms with Crippen molar-refractivity contribution in [3.05, 3.63) is 23.8 Å². The highest BCUT2D eigenvalue weighted by atomic mass is 35.5. The highest BCUT2D eigenvalue weighted by Gasteiger charge is 2.12. The van der Waals surface area contributed by atoms with E-state index in [1.54, 1.807) is 6.07 Å². The molecule has 0 saturated carbocycles. The van der Waals surface area contributed by atoms with E-state index in [0.29, 0.717) is 18.7 Å². The molecule has 7 heteroatoms. The molecule has 0 unspecified atom stereocenters. The fourth-order valence-electron chi connectivity index (χ4n) is 1.44. The molecule has 0 aliphatic heterocycles. The Hall–Kier alpha value is -1.79. The number of anilines is 1. The first kappa shape index (κ1) is 18.2. The predicted octanol–water partition coefficient (Wildman–Crippen LogP) is 1.49. The molecule has 0 fully saturated rings. The number of ether oxygens (including phenoxy) is 1. The van der Waals surface area contributed by atoms with Gasteiger partial charge in [-0.1, -0.05) is 0 Å². The van der Waals surface area contributed by atoms with Gasteiger partial charge >= 0.3 is 5.97 Å². The molecule has 0 radical (unpaired) electrons. The van der Waals surface area contributed by atoms with Gasteiger partial charge in [-0.25, -0.2) is 4.79 Å². The van der Waals surface area contributed by atoms with E-state index < -0.39 is 5.97 Å². The summed E-state index contributed by atoms with van der Waals surface area (Å²) in [6, 6.07) is 4.27. The van der Waals surface area contributed by atoms with Crippen LogP contribution in [-0.2, 0) is 9.53 Å². The maximum absolute atomic E-state index is 11.6. The second-order valence-electron chi connectivity index (χ2n) is 4.32. The number of carbonyl (C=O) groups is 2. The smallest absolute Gasteiger partial charge is 0.341 e. The van der Waals surface area contributed by atoms with Gasteiger partial charge in [-0.2, -0.15) is 0 Å². The molecule has 1 aromatic rings. The van der Waals surface area contributed by atoms with Crippen molar-refractivity contribution in [1.82, 2.24) is 4.90 Å². The summed E-state index contributed by atoms with van der Waals surface area (Å²) in [4.78, 5) is 24.8. The predicted molar refractivity (Wildman–Crippen MR) is 78.5 cm³/mol. The highest BCUT2D eigenvalue weighted by molar-refractivity contribution is 5.95. The number of nitrogens with zero attached hydrogens (tertiary/aromatic N) is 1. The standard InChI is InChI=1S/C13H18N2O4.ClH/c1-15(2)7-6-12(17)14-9-4-5-10(11(16)8-9)13(18)19-3;/h4-5,8,16H,6-7H2,1-3H3,(H,14,17);1H. The molecular formula is C13H19ClN2O4. The quantitative estimate of drug-likeness (QED) is 0.806. The number of nitrogens with one attached hydrogen (secondary N) is 1. The maximum atomic E-state index is 11.6. The number of halogens is 1. The van der Waals surface area contributed by atoms with Gasteiger partial charge < -0.3 is 20.1 Å². The van der Waals surface area contributed by atoms with E-state index in [2.05, 4.69) is 10.1 Å². The Morgan fingerprint density at radius 2 is 2.00 bits per heavy atom. The lowest BCUT2D eigenvalue weighted by atomic mass is 10.2. The van der Waals surface area contributed by atoms with Crippen LogP contribution in [0.5, 0.6) is 5.75 Å². The SMILES string of the molecule is COC(=O)c1ccc(NC(=O)CCN(C)C)cc1O.Cl. The van der Waals surface area contributed by atoms with Crippen LogP contribution in [-0.4, -0.2) is 49.6 Å². The van der Waals surface area contributed by atoms with Crippen LogP contribution >= 0.6 is 12.4 Å². The number of phenolic OH excluding ortho intramolecular Hbond substituents is 1. The Kier molecular flexibility index (Phi) is 7.64. The van der Waals surface area contributed by atoms with Crippen LogP contribution in [0, 0.1) is 0 Å². The summed E-state index contributed by atoms with van der Waals surface area (Å²) in [6.45, 7) is 0.637. The van der Waals surface area contributed by atoms with Gasteiger partial charge in [-0.05, 0) is 26.2 Å². The van der Waals surface area contributed by atoms with Gasteiger partial charge in [0, 0.05) is 24.7 Å². The van der Waals surface area contributed by atoms with Crippen LogP contribution in [0.25, 0.3) is 0 Å². The number of benzene rings is 1. The van der Waals surface area contributed by atoms with Crippen molar-refractivity contribution in [1.29, 1.82) is 0 Å². The van der Waals surface area contributed by atoms with Gasteiger partial charge in [0.15, 0.2) is 0 Å². The van der Waals surface area contributed by atoms with Crippen molar-refractivity contribution in [3.63, 3.8) is 0 Å². The average Bonchev–Trinajstić information content (AvgIpc) is 2.35. The minimum Gasteiger partial charge on any atom is -0.507 e. The molecule has 112 valence electrons. The summed E-state index contributed by atoms with van der Waals surface area (Å²) in [7, 11) is 4.99. The van der Waals surface area contributed by atoms with E-state index in [1.807, 2.05) is 19.0 Å². The molecule has 1 rings (SSSR count). The van der Waals surface area contributed by atoms with E-state index in [1.165, 1.54) is 19.2 Å². The molecule has 0 atom stereocenters. The lowest BCUT2D eigenvalue weighted by Gasteiger charge is -2.10. The Bertz CT molecular complexity index is 477. The molecule has 0 aromatic heterocycles. The zero-order chi connectivity index (χ0) is 14.4. The van der Waals surface area contributed by atoms with E-state index in [4.69, 9.17) is 0 Å². The summed E-state index contributed by atoms with van der Waals surface area (Å²) in [5.41, 5.74) is 0.502. The lowest BCUT2D eigenvalue weighted by Crippen LogP contribution is -2.20. The molecule has 6 nitrogen and oxygen atoms in total. The van der Waals surface area contributed by atoms with Crippen LogP contribution in [0.3, 0.4) is 0 Å². The Balaban J connectivity index is 0.00000361. The van der Waals surface area contributed by atoms with E-state index in [9.17, 15) is 14.7 Å². The zero-order valence-electron chi connectivity index (χ0n) is 11.7. The Morgan fingerprint density at radius 3 is 2.50 bits per heavy atom. The van der Waals surface area contributed by atoms with Crippen LogP contribution in [0.15, 0.2) is 18.2 Å². The topological polar surface area (TPSA) is 78.9 Å². The Morgan fingerprint density at radius 1 is 1.35 bits per heavy atom. The summed E-state index contributed by atoms with van der Waals surface area (Å²) < 4.78 is 4.51. The number of carbonyl (C=O) groups excluding carboxylic acids is 2. The van der Waals surface area contributed by atoms with Crippen molar-refractivity contribution < 1.29 is 19.4 Å². The molecule has 1 amide bonds. The number of rotatable bonds is 5. The first-order chi connectivity index (χ1) is 8.93. The highest BCUT2D eigenvalue weighted by Crippen LogP contribution is 2.22. The summed E-state index contributed by atoms with van der Waals surface area (Å²) in [5, 5.41) is 12.3. The molecule has 0 aliphatic carbocycles. The van der Waals surface area contributed by atoms with Crippen LogP contribution in [0.2, 0.25) is 0 Å². The van der Waals surface area contributed by atoms with E-state index in [0.717, 1.165) is 0 Å². The zero-order valence-corrected chi connectivity index (χ0v) is 12.5. The molecule has 0 aliphatic rings. The van der Waals surface area contributed by atoms with Gasteiger partial charge in [0.2, 0.25) is 5.91 Å². The van der Waals surface area contributed by atoms with Crippen molar-refractivity contribution in [2.75, 3.05) is 33.1 Å². The van der Waals surface area contributed by atoms with Gasteiger partial charge in [0.25, 0.3) is 0 Å². The number of hydrogen-bond acceptors (Lipinski definition) is 5.